The van der Waals surface area contributed by atoms with Crippen molar-refractivity contribution in [1.29, 1.82) is 0 Å². The fourth-order valence-electron chi connectivity index (χ4n) is 2.91. The number of nitrogens with zero attached hydrogens (tertiary/aromatic N) is 3. The lowest BCUT2D eigenvalue weighted by molar-refractivity contribution is -0.384. The van der Waals surface area contributed by atoms with Gasteiger partial charge in [0.15, 0.2) is 0 Å². The van der Waals surface area contributed by atoms with Crippen molar-refractivity contribution in [2.75, 3.05) is 31.1 Å². The molecule has 1 fully saturated rings. The summed E-state index contributed by atoms with van der Waals surface area (Å²) >= 11 is 3.39. The Morgan fingerprint density at radius 3 is 2.40 bits per heavy atom. The van der Waals surface area contributed by atoms with Crippen LogP contribution < -0.4 is 4.90 Å². The van der Waals surface area contributed by atoms with Crippen LogP contribution in [0.4, 0.5) is 11.4 Å². The van der Waals surface area contributed by atoms with Crippen LogP contribution in [0.25, 0.3) is 0 Å². The Bertz CT molecular complexity index is 771. The highest BCUT2D eigenvalue weighted by molar-refractivity contribution is 9.10. The van der Waals surface area contributed by atoms with Gasteiger partial charge in [-0.05, 0) is 23.8 Å². The van der Waals surface area contributed by atoms with E-state index in [9.17, 15) is 14.9 Å². The van der Waals surface area contributed by atoms with Gasteiger partial charge in [-0.2, -0.15) is 0 Å². The van der Waals surface area contributed by atoms with Gasteiger partial charge in [-0.15, -0.1) is 0 Å². The van der Waals surface area contributed by atoms with E-state index in [0.717, 1.165) is 15.7 Å². The third-order valence-electron chi connectivity index (χ3n) is 4.31. The average Bonchev–Trinajstić information content (AvgIpc) is 2.64. The highest BCUT2D eigenvalue weighted by atomic mass is 79.9. The molecule has 130 valence electrons. The van der Waals surface area contributed by atoms with Crippen LogP contribution in [0.5, 0.6) is 0 Å². The Morgan fingerprint density at radius 2 is 1.76 bits per heavy atom. The highest BCUT2D eigenvalue weighted by Gasteiger charge is 2.22. The molecule has 25 heavy (non-hydrogen) atoms. The first kappa shape index (κ1) is 17.4. The number of nitro benzene ring substituents is 1. The standard InChI is InChI=1S/C18H18BrN3O3/c19-15-6-4-14(5-7-15)12-18(23)21-10-8-20(9-11-21)16-2-1-3-17(13-16)22(24)25/h1-7,13H,8-12H2. The maximum atomic E-state index is 12.4. The van der Waals surface area contributed by atoms with Crippen molar-refractivity contribution in [2.45, 2.75) is 6.42 Å². The predicted octanol–water partition coefficient (Wildman–Crippen LogP) is 3.25. The molecule has 0 saturated carbocycles. The fraction of sp³-hybridized carbons (Fsp3) is 0.278. The first-order valence-corrected chi connectivity index (χ1v) is 8.84. The summed E-state index contributed by atoms with van der Waals surface area (Å²) < 4.78 is 0.995. The number of benzene rings is 2. The maximum Gasteiger partial charge on any atom is 0.271 e. The van der Waals surface area contributed by atoms with Gasteiger partial charge in [0.1, 0.15) is 0 Å². The first-order valence-electron chi connectivity index (χ1n) is 8.04. The number of piperazine rings is 1. The Kier molecular flexibility index (Phi) is 5.33. The van der Waals surface area contributed by atoms with Crippen molar-refractivity contribution < 1.29 is 9.72 Å². The minimum Gasteiger partial charge on any atom is -0.368 e. The molecule has 1 aliphatic heterocycles. The van der Waals surface area contributed by atoms with Gasteiger partial charge < -0.3 is 9.80 Å². The number of nitro groups is 1. The minimum atomic E-state index is -0.387. The fourth-order valence-corrected chi connectivity index (χ4v) is 3.17. The van der Waals surface area contributed by atoms with Crippen molar-refractivity contribution in [2.24, 2.45) is 0 Å². The number of hydrogen-bond acceptors (Lipinski definition) is 4. The second-order valence-electron chi connectivity index (χ2n) is 5.95. The van der Waals surface area contributed by atoms with Crippen molar-refractivity contribution in [3.05, 3.63) is 68.7 Å². The first-order chi connectivity index (χ1) is 12.0. The van der Waals surface area contributed by atoms with Gasteiger partial charge in [-0.25, -0.2) is 0 Å². The quantitative estimate of drug-likeness (QED) is 0.580. The number of rotatable bonds is 4. The minimum absolute atomic E-state index is 0.0891. The molecule has 6 nitrogen and oxygen atoms in total. The summed E-state index contributed by atoms with van der Waals surface area (Å²) in [6.45, 7) is 2.59. The van der Waals surface area contributed by atoms with Crippen molar-refractivity contribution in [3.8, 4) is 0 Å². The normalized spacial score (nSPS) is 14.4. The SMILES string of the molecule is O=C(Cc1ccc(Br)cc1)N1CCN(c2cccc([N+](=O)[O-])c2)CC1. The third-order valence-corrected chi connectivity index (χ3v) is 4.84. The molecule has 0 radical (unpaired) electrons. The van der Waals surface area contributed by atoms with Crippen LogP contribution in [0.1, 0.15) is 5.56 Å². The summed E-state index contributed by atoms with van der Waals surface area (Å²) in [5.41, 5.74) is 1.91. The molecule has 0 bridgehead atoms. The number of carbonyl (C=O) groups is 1. The predicted molar refractivity (Wildman–Crippen MR) is 99.7 cm³/mol. The van der Waals surface area contributed by atoms with Crippen LogP contribution in [-0.2, 0) is 11.2 Å². The second kappa shape index (κ2) is 7.65. The van der Waals surface area contributed by atoms with Crippen LogP contribution in [0.3, 0.4) is 0 Å². The maximum absolute atomic E-state index is 12.4. The van der Waals surface area contributed by atoms with E-state index in [-0.39, 0.29) is 16.5 Å². The van der Waals surface area contributed by atoms with Crippen LogP contribution in [-0.4, -0.2) is 41.9 Å². The van der Waals surface area contributed by atoms with Gasteiger partial charge in [0.2, 0.25) is 5.91 Å². The van der Waals surface area contributed by atoms with Gasteiger partial charge in [0, 0.05) is 48.5 Å². The van der Waals surface area contributed by atoms with Gasteiger partial charge in [0.05, 0.1) is 11.3 Å². The zero-order chi connectivity index (χ0) is 17.8. The summed E-state index contributed by atoms with van der Waals surface area (Å²) in [5, 5.41) is 10.9. The molecule has 3 rings (SSSR count). The van der Waals surface area contributed by atoms with E-state index in [1.54, 1.807) is 12.1 Å². The topological polar surface area (TPSA) is 66.7 Å². The van der Waals surface area contributed by atoms with Crippen molar-refractivity contribution in [1.82, 2.24) is 4.90 Å². The van der Waals surface area contributed by atoms with Gasteiger partial charge in [0.25, 0.3) is 5.69 Å². The number of halogens is 1. The van der Waals surface area contributed by atoms with Gasteiger partial charge in [-0.1, -0.05) is 34.1 Å². The Labute approximate surface area is 154 Å². The van der Waals surface area contributed by atoms with E-state index in [2.05, 4.69) is 20.8 Å². The lowest BCUT2D eigenvalue weighted by atomic mass is 10.1. The van der Waals surface area contributed by atoms with Gasteiger partial charge >= 0.3 is 0 Å². The molecule has 0 atom stereocenters. The molecule has 1 heterocycles. The third kappa shape index (κ3) is 4.36. The molecule has 0 N–H and O–H groups in total. The molecule has 1 saturated heterocycles. The second-order valence-corrected chi connectivity index (χ2v) is 6.86. The summed E-state index contributed by atoms with van der Waals surface area (Å²) in [7, 11) is 0. The summed E-state index contributed by atoms with van der Waals surface area (Å²) in [4.78, 5) is 26.9. The van der Waals surface area contributed by atoms with Crippen molar-refractivity contribution >= 4 is 33.2 Å². The largest absolute Gasteiger partial charge is 0.368 e. The van der Waals surface area contributed by atoms with Gasteiger partial charge in [-0.3, -0.25) is 14.9 Å². The number of carbonyl (C=O) groups excluding carboxylic acids is 1. The molecule has 1 amide bonds. The van der Waals surface area contributed by atoms with E-state index >= 15 is 0 Å². The van der Waals surface area contributed by atoms with Crippen LogP contribution in [0, 0.1) is 10.1 Å². The zero-order valence-electron chi connectivity index (χ0n) is 13.6. The average molecular weight is 404 g/mol. The Hall–Kier alpha value is -2.41. The molecule has 0 aromatic heterocycles. The molecule has 2 aromatic carbocycles. The number of anilines is 1. The van der Waals surface area contributed by atoms with Crippen LogP contribution in [0.2, 0.25) is 0 Å². The lowest BCUT2D eigenvalue weighted by Crippen LogP contribution is -2.49. The molecule has 0 aliphatic carbocycles. The molecule has 2 aromatic rings. The molecule has 1 aliphatic rings. The van der Waals surface area contributed by atoms with E-state index in [1.807, 2.05) is 35.2 Å². The Balaban J connectivity index is 1.58. The Morgan fingerprint density at radius 1 is 1.08 bits per heavy atom. The van der Waals surface area contributed by atoms with E-state index in [1.165, 1.54) is 6.07 Å². The van der Waals surface area contributed by atoms with E-state index in [0.29, 0.717) is 32.6 Å². The number of amides is 1. The smallest absolute Gasteiger partial charge is 0.271 e. The molecule has 0 spiro atoms. The number of hydrogen-bond donors (Lipinski definition) is 0. The molecule has 0 unspecified atom stereocenters. The van der Waals surface area contributed by atoms with Crippen LogP contribution >= 0.6 is 15.9 Å². The molecular formula is C18H18BrN3O3. The molecular weight excluding hydrogens is 386 g/mol. The van der Waals surface area contributed by atoms with Crippen LogP contribution in [0.15, 0.2) is 53.0 Å². The summed E-state index contributed by atoms with van der Waals surface area (Å²) in [5.74, 6) is 0.112. The lowest BCUT2D eigenvalue weighted by Gasteiger charge is -2.36. The van der Waals surface area contributed by atoms with E-state index in [4.69, 9.17) is 0 Å². The summed E-state index contributed by atoms with van der Waals surface area (Å²) in [6, 6.07) is 14.4. The molecule has 7 heteroatoms. The number of non-ortho nitro benzene ring substituents is 1. The van der Waals surface area contributed by atoms with Crippen molar-refractivity contribution in [3.63, 3.8) is 0 Å². The highest BCUT2D eigenvalue weighted by Crippen LogP contribution is 2.22. The zero-order valence-corrected chi connectivity index (χ0v) is 15.2. The summed E-state index contributed by atoms with van der Waals surface area (Å²) in [6.07, 6.45) is 0.393. The van der Waals surface area contributed by atoms with E-state index < -0.39 is 0 Å². The monoisotopic (exact) mass is 403 g/mol.